The number of rotatable bonds is 10. The van der Waals surface area contributed by atoms with Crippen LogP contribution in [0.15, 0.2) is 35.8 Å². The van der Waals surface area contributed by atoms with Crippen molar-refractivity contribution in [1.29, 1.82) is 0 Å². The van der Waals surface area contributed by atoms with Crippen LogP contribution in [0.5, 0.6) is 0 Å². The Labute approximate surface area is 207 Å². The second kappa shape index (κ2) is 11.4. The van der Waals surface area contributed by atoms with Crippen LogP contribution in [-0.2, 0) is 12.4 Å². The topological polar surface area (TPSA) is 63.1 Å². The minimum absolute atomic E-state index is 0.0592. The summed E-state index contributed by atoms with van der Waals surface area (Å²) in [6.45, 7) is 6.89. The Morgan fingerprint density at radius 2 is 1.81 bits per heavy atom. The molecule has 1 aromatic carbocycles. The predicted molar refractivity (Wildman–Crippen MR) is 124 cm³/mol. The highest BCUT2D eigenvalue weighted by Gasteiger charge is 2.41. The Bertz CT molecular complexity index is 1170. The van der Waals surface area contributed by atoms with Gasteiger partial charge in [0.2, 0.25) is 5.13 Å². The zero-order valence-electron chi connectivity index (χ0n) is 19.6. The number of benzene rings is 1. The van der Waals surface area contributed by atoms with E-state index in [4.69, 9.17) is 0 Å². The van der Waals surface area contributed by atoms with E-state index in [2.05, 4.69) is 20.3 Å². The lowest BCUT2D eigenvalue weighted by Gasteiger charge is -2.17. The second-order valence-corrected chi connectivity index (χ2v) is 8.74. The van der Waals surface area contributed by atoms with E-state index in [1.165, 1.54) is 17.5 Å². The Kier molecular flexibility index (Phi) is 8.77. The lowest BCUT2D eigenvalue weighted by atomic mass is 10.1. The maximum atomic E-state index is 13.9. The molecular weight excluding hydrogens is 508 g/mol. The average molecular weight is 534 g/mol. The molecule has 0 spiro atoms. The van der Waals surface area contributed by atoms with Gasteiger partial charge in [-0.15, -0.1) is 11.3 Å². The summed E-state index contributed by atoms with van der Waals surface area (Å²) in [6, 6.07) is 4.32. The molecule has 0 atom stereocenters. The molecule has 1 N–H and O–H groups in total. The van der Waals surface area contributed by atoms with E-state index < -0.39 is 35.1 Å². The Morgan fingerprint density at radius 1 is 1.08 bits per heavy atom. The van der Waals surface area contributed by atoms with Gasteiger partial charge in [-0.1, -0.05) is 26.0 Å². The van der Waals surface area contributed by atoms with E-state index in [9.17, 15) is 31.1 Å². The highest BCUT2D eigenvalue weighted by Crippen LogP contribution is 2.36. The fourth-order valence-corrected chi connectivity index (χ4v) is 4.37. The summed E-state index contributed by atoms with van der Waals surface area (Å²) in [5.74, 6) is -0.911. The van der Waals surface area contributed by atoms with Crippen molar-refractivity contribution in [3.8, 4) is 16.4 Å². The summed E-state index contributed by atoms with van der Waals surface area (Å²) < 4.78 is 81.3. The quantitative estimate of drug-likeness (QED) is 0.261. The van der Waals surface area contributed by atoms with Crippen LogP contribution < -0.4 is 5.32 Å². The largest absolute Gasteiger partial charge is 0.434 e. The van der Waals surface area contributed by atoms with Crippen LogP contribution in [0.4, 0.5) is 26.3 Å². The van der Waals surface area contributed by atoms with Crippen LogP contribution in [-0.4, -0.2) is 51.8 Å². The lowest BCUT2D eigenvalue weighted by Crippen LogP contribution is -2.29. The molecule has 3 aromatic rings. The van der Waals surface area contributed by atoms with Crippen molar-refractivity contribution in [3.05, 3.63) is 52.7 Å². The number of thiazole rings is 1. The SMILES string of the molecule is CCN(CC)CCCCNC(=O)c1cnn(-c2nc(-c3cccc(C(F)(F)F)c3)cs2)c1C(F)(F)F. The summed E-state index contributed by atoms with van der Waals surface area (Å²) in [7, 11) is 0. The molecule has 0 radical (unpaired) electrons. The van der Waals surface area contributed by atoms with E-state index in [0.29, 0.717) is 11.1 Å². The maximum Gasteiger partial charge on any atom is 0.434 e. The summed E-state index contributed by atoms with van der Waals surface area (Å²) in [5, 5.41) is 7.33. The van der Waals surface area contributed by atoms with E-state index in [1.807, 2.05) is 13.8 Å². The third-order valence-electron chi connectivity index (χ3n) is 5.52. The van der Waals surface area contributed by atoms with Gasteiger partial charge in [-0.2, -0.15) is 31.4 Å². The molecular formula is C23H25F6N5OS. The van der Waals surface area contributed by atoms with Crippen molar-refractivity contribution in [2.24, 2.45) is 0 Å². The number of hydrogen-bond donors (Lipinski definition) is 1. The number of nitrogens with zero attached hydrogens (tertiary/aromatic N) is 4. The molecule has 36 heavy (non-hydrogen) atoms. The van der Waals surface area contributed by atoms with Crippen molar-refractivity contribution >= 4 is 17.2 Å². The average Bonchev–Trinajstić information content (AvgIpc) is 3.48. The Morgan fingerprint density at radius 3 is 2.44 bits per heavy atom. The second-order valence-electron chi connectivity index (χ2n) is 7.90. The molecule has 0 aliphatic rings. The number of aromatic nitrogens is 3. The van der Waals surface area contributed by atoms with Gasteiger partial charge < -0.3 is 10.2 Å². The van der Waals surface area contributed by atoms with E-state index in [0.717, 1.165) is 55.7 Å². The van der Waals surface area contributed by atoms with Gasteiger partial charge in [0.1, 0.15) is 0 Å². The van der Waals surface area contributed by atoms with Crippen LogP contribution in [0.1, 0.15) is 48.3 Å². The Hall–Kier alpha value is -2.93. The molecule has 0 saturated carbocycles. The van der Waals surface area contributed by atoms with E-state index in [1.54, 1.807) is 0 Å². The first-order valence-electron chi connectivity index (χ1n) is 11.2. The van der Waals surface area contributed by atoms with Gasteiger partial charge >= 0.3 is 12.4 Å². The van der Waals surface area contributed by atoms with Crippen molar-refractivity contribution in [2.45, 2.75) is 39.0 Å². The number of nitrogens with one attached hydrogen (secondary N) is 1. The van der Waals surface area contributed by atoms with Crippen LogP contribution in [0.3, 0.4) is 0 Å². The van der Waals surface area contributed by atoms with Gasteiger partial charge in [-0.05, 0) is 44.6 Å². The number of unbranched alkanes of at least 4 members (excludes halogenated alkanes) is 1. The fourth-order valence-electron chi connectivity index (χ4n) is 3.58. The summed E-state index contributed by atoms with van der Waals surface area (Å²) in [4.78, 5) is 18.8. The zero-order chi connectivity index (χ0) is 26.5. The van der Waals surface area contributed by atoms with Crippen LogP contribution in [0.25, 0.3) is 16.4 Å². The van der Waals surface area contributed by atoms with Gasteiger partial charge in [0.05, 0.1) is 23.0 Å². The number of carbonyl (C=O) groups is 1. The summed E-state index contributed by atoms with van der Waals surface area (Å²) >= 11 is 0.769. The number of carbonyl (C=O) groups excluding carboxylic acids is 1. The minimum Gasteiger partial charge on any atom is -0.352 e. The molecule has 6 nitrogen and oxygen atoms in total. The van der Waals surface area contributed by atoms with Crippen LogP contribution in [0, 0.1) is 0 Å². The molecule has 3 rings (SSSR count). The maximum absolute atomic E-state index is 13.9. The molecule has 0 saturated heterocycles. The first-order valence-corrected chi connectivity index (χ1v) is 12.1. The van der Waals surface area contributed by atoms with Gasteiger partial charge in [0.25, 0.3) is 5.91 Å². The smallest absolute Gasteiger partial charge is 0.352 e. The molecule has 0 aliphatic heterocycles. The predicted octanol–water partition coefficient (Wildman–Crippen LogP) is 5.89. The van der Waals surface area contributed by atoms with Crippen molar-refractivity contribution in [1.82, 2.24) is 25.0 Å². The summed E-state index contributed by atoms with van der Waals surface area (Å²) in [5.41, 5.74) is -2.70. The van der Waals surface area contributed by atoms with Gasteiger partial charge in [-0.3, -0.25) is 4.79 Å². The molecule has 196 valence electrons. The van der Waals surface area contributed by atoms with Crippen LogP contribution >= 0.6 is 11.3 Å². The minimum atomic E-state index is -4.92. The molecule has 0 unspecified atom stereocenters. The van der Waals surface area contributed by atoms with E-state index in [-0.39, 0.29) is 22.9 Å². The van der Waals surface area contributed by atoms with E-state index >= 15 is 0 Å². The molecule has 13 heteroatoms. The fraction of sp³-hybridized carbons (Fsp3) is 0.435. The van der Waals surface area contributed by atoms with Crippen molar-refractivity contribution in [2.75, 3.05) is 26.2 Å². The first-order chi connectivity index (χ1) is 17.0. The normalized spacial score (nSPS) is 12.4. The third-order valence-corrected chi connectivity index (χ3v) is 6.34. The molecule has 2 aromatic heterocycles. The van der Waals surface area contributed by atoms with Crippen molar-refractivity contribution in [3.63, 3.8) is 0 Å². The standard InChI is InChI=1S/C23H25F6N5OS/c1-3-33(4-2)11-6-5-10-30-20(35)17-13-31-34(19(17)23(27,28)29)21-32-18(14-36-21)15-8-7-9-16(12-15)22(24,25)26/h7-9,12-14H,3-6,10-11H2,1-2H3,(H,30,35). The highest BCUT2D eigenvalue weighted by atomic mass is 32.1. The van der Waals surface area contributed by atoms with Crippen LogP contribution in [0.2, 0.25) is 0 Å². The molecule has 1 amide bonds. The monoisotopic (exact) mass is 533 g/mol. The number of hydrogen-bond acceptors (Lipinski definition) is 5. The molecule has 0 fully saturated rings. The number of amides is 1. The molecule has 2 heterocycles. The van der Waals surface area contributed by atoms with Gasteiger partial charge in [-0.25, -0.2) is 9.67 Å². The lowest BCUT2D eigenvalue weighted by molar-refractivity contribution is -0.143. The summed E-state index contributed by atoms with van der Waals surface area (Å²) in [6.07, 6.45) is -7.29. The third kappa shape index (κ3) is 6.64. The number of halogens is 6. The zero-order valence-corrected chi connectivity index (χ0v) is 20.4. The van der Waals surface area contributed by atoms with Gasteiger partial charge in [0, 0.05) is 17.5 Å². The highest BCUT2D eigenvalue weighted by molar-refractivity contribution is 7.12. The number of alkyl halides is 6. The van der Waals surface area contributed by atoms with Gasteiger partial charge in [0.15, 0.2) is 5.69 Å². The first kappa shape index (κ1) is 27.7. The van der Waals surface area contributed by atoms with Crippen molar-refractivity contribution < 1.29 is 31.1 Å². The molecule has 0 aliphatic carbocycles. The molecule has 0 bridgehead atoms. The Balaban J connectivity index is 1.79.